The molecule has 0 amide bonds. The van der Waals surface area contributed by atoms with E-state index in [1.807, 2.05) is 60.8 Å². The molecule has 1 saturated heterocycles. The summed E-state index contributed by atoms with van der Waals surface area (Å²) in [6, 6.07) is 6.76. The van der Waals surface area contributed by atoms with Crippen molar-refractivity contribution in [2.45, 2.75) is 32.5 Å². The molecule has 1 aromatic carbocycles. The molecule has 27 heavy (non-hydrogen) atoms. The summed E-state index contributed by atoms with van der Waals surface area (Å²) in [6.07, 6.45) is 3.74. The van der Waals surface area contributed by atoms with Gasteiger partial charge in [0.25, 0.3) is 0 Å². The molecule has 0 bridgehead atoms. The van der Waals surface area contributed by atoms with Crippen LogP contribution in [-0.2, 0) is 18.4 Å². The van der Waals surface area contributed by atoms with Gasteiger partial charge in [-0.1, -0.05) is 18.2 Å². The molecule has 7 nitrogen and oxygen atoms in total. The summed E-state index contributed by atoms with van der Waals surface area (Å²) in [5, 5.41) is 9.92. The van der Waals surface area contributed by atoms with Crippen molar-refractivity contribution in [2.75, 3.05) is 26.2 Å². The molecule has 1 aliphatic heterocycles. The number of hydrogen-bond acceptors (Lipinski definition) is 5. The van der Waals surface area contributed by atoms with E-state index in [0.717, 1.165) is 31.0 Å². The molecule has 1 N–H and O–H groups in total. The van der Waals surface area contributed by atoms with Crippen molar-refractivity contribution >= 4 is 5.97 Å². The molecule has 7 heteroatoms. The minimum atomic E-state index is -0.840. The SMILES string of the molecule is CC(C)Oc1ccccc1C(C(=O)O)N1CCN(Cc2nccn2C)CC1. The van der Waals surface area contributed by atoms with Crippen LogP contribution in [0, 0.1) is 0 Å². The van der Waals surface area contributed by atoms with Crippen molar-refractivity contribution in [1.29, 1.82) is 0 Å². The fraction of sp³-hybridized carbons (Fsp3) is 0.500. The van der Waals surface area contributed by atoms with Crippen molar-refractivity contribution in [3.05, 3.63) is 48.0 Å². The van der Waals surface area contributed by atoms with E-state index in [4.69, 9.17) is 4.74 Å². The number of carboxylic acids is 1. The maximum absolute atomic E-state index is 12.1. The number of rotatable bonds is 7. The van der Waals surface area contributed by atoms with Crippen molar-refractivity contribution in [1.82, 2.24) is 19.4 Å². The van der Waals surface area contributed by atoms with E-state index in [9.17, 15) is 9.90 Å². The van der Waals surface area contributed by atoms with Crippen molar-refractivity contribution < 1.29 is 14.6 Å². The molecule has 1 atom stereocenters. The van der Waals surface area contributed by atoms with E-state index in [-0.39, 0.29) is 6.10 Å². The van der Waals surface area contributed by atoms with E-state index < -0.39 is 12.0 Å². The molecule has 0 radical (unpaired) electrons. The fourth-order valence-electron chi connectivity index (χ4n) is 3.48. The van der Waals surface area contributed by atoms with E-state index in [1.165, 1.54) is 0 Å². The quantitative estimate of drug-likeness (QED) is 0.803. The van der Waals surface area contributed by atoms with Gasteiger partial charge in [-0.15, -0.1) is 0 Å². The van der Waals surface area contributed by atoms with Gasteiger partial charge in [0.2, 0.25) is 0 Å². The maximum Gasteiger partial charge on any atom is 0.325 e. The summed E-state index contributed by atoms with van der Waals surface area (Å²) in [6.45, 7) is 7.68. The number of nitrogens with zero attached hydrogens (tertiary/aromatic N) is 4. The predicted octanol–water partition coefficient (Wildman–Crippen LogP) is 2.15. The Morgan fingerprint density at radius 2 is 1.93 bits per heavy atom. The number of aliphatic carboxylic acids is 1. The smallest absolute Gasteiger partial charge is 0.325 e. The highest BCUT2D eigenvalue weighted by Gasteiger charge is 2.32. The Balaban J connectivity index is 1.71. The fourth-order valence-corrected chi connectivity index (χ4v) is 3.48. The maximum atomic E-state index is 12.1. The van der Waals surface area contributed by atoms with Gasteiger partial charge in [-0.25, -0.2) is 4.98 Å². The highest BCUT2D eigenvalue weighted by atomic mass is 16.5. The van der Waals surface area contributed by atoms with Gasteiger partial charge in [-0.3, -0.25) is 14.6 Å². The molecule has 0 saturated carbocycles. The molecule has 1 aliphatic rings. The number of hydrogen-bond donors (Lipinski definition) is 1. The first kappa shape index (κ1) is 19.4. The van der Waals surface area contributed by atoms with Crippen LogP contribution in [0.4, 0.5) is 0 Å². The van der Waals surface area contributed by atoms with Gasteiger partial charge in [0.05, 0.1) is 12.6 Å². The van der Waals surface area contributed by atoms with Crippen molar-refractivity contribution in [2.24, 2.45) is 7.05 Å². The zero-order chi connectivity index (χ0) is 19.4. The lowest BCUT2D eigenvalue weighted by Crippen LogP contribution is -2.49. The third-order valence-electron chi connectivity index (χ3n) is 4.87. The van der Waals surface area contributed by atoms with E-state index in [1.54, 1.807) is 6.20 Å². The van der Waals surface area contributed by atoms with E-state index >= 15 is 0 Å². The number of carboxylic acid groups (broad SMARTS) is 1. The number of benzene rings is 1. The highest BCUT2D eigenvalue weighted by Crippen LogP contribution is 2.31. The molecule has 0 aliphatic carbocycles. The zero-order valence-electron chi connectivity index (χ0n) is 16.2. The average molecular weight is 372 g/mol. The third kappa shape index (κ3) is 4.67. The van der Waals surface area contributed by atoms with Gasteiger partial charge in [-0.05, 0) is 19.9 Å². The summed E-state index contributed by atoms with van der Waals surface area (Å²) in [7, 11) is 1.99. The van der Waals surface area contributed by atoms with Gasteiger partial charge in [0.15, 0.2) is 0 Å². The number of carbonyl (C=O) groups is 1. The summed E-state index contributed by atoms with van der Waals surface area (Å²) in [4.78, 5) is 20.8. The Bertz CT molecular complexity index is 766. The van der Waals surface area contributed by atoms with Crippen LogP contribution in [0.5, 0.6) is 5.75 Å². The Labute approximate surface area is 160 Å². The molecule has 0 spiro atoms. The number of imidazole rings is 1. The number of aromatic nitrogens is 2. The van der Waals surface area contributed by atoms with Gasteiger partial charge < -0.3 is 14.4 Å². The minimum Gasteiger partial charge on any atom is -0.491 e. The number of piperazine rings is 1. The Kier molecular flexibility index (Phi) is 6.13. The Morgan fingerprint density at radius 1 is 1.22 bits per heavy atom. The second-order valence-corrected chi connectivity index (χ2v) is 7.21. The van der Waals surface area contributed by atoms with Crippen molar-refractivity contribution in [3.63, 3.8) is 0 Å². The lowest BCUT2D eigenvalue weighted by atomic mass is 10.0. The van der Waals surface area contributed by atoms with Crippen LogP contribution in [0.15, 0.2) is 36.7 Å². The summed E-state index contributed by atoms with van der Waals surface area (Å²) < 4.78 is 7.88. The van der Waals surface area contributed by atoms with Gasteiger partial charge in [-0.2, -0.15) is 0 Å². The molecule has 1 aromatic heterocycles. The van der Waals surface area contributed by atoms with Crippen LogP contribution >= 0.6 is 0 Å². The molecular weight excluding hydrogens is 344 g/mol. The van der Waals surface area contributed by atoms with Crippen LogP contribution in [0.1, 0.15) is 31.3 Å². The minimum absolute atomic E-state index is 0.00442. The van der Waals surface area contributed by atoms with Crippen LogP contribution in [0.3, 0.4) is 0 Å². The average Bonchev–Trinajstić information content (AvgIpc) is 3.02. The molecule has 1 unspecified atom stereocenters. The summed E-state index contributed by atoms with van der Waals surface area (Å²) >= 11 is 0. The second-order valence-electron chi connectivity index (χ2n) is 7.21. The molecule has 146 valence electrons. The molecule has 2 aromatic rings. The van der Waals surface area contributed by atoms with Gasteiger partial charge in [0, 0.05) is 51.2 Å². The van der Waals surface area contributed by atoms with Crippen LogP contribution in [0.25, 0.3) is 0 Å². The number of ether oxygens (including phenoxy) is 1. The first-order valence-corrected chi connectivity index (χ1v) is 9.36. The monoisotopic (exact) mass is 372 g/mol. The Hall–Kier alpha value is -2.38. The zero-order valence-corrected chi connectivity index (χ0v) is 16.2. The lowest BCUT2D eigenvalue weighted by Gasteiger charge is -2.38. The molecule has 1 fully saturated rings. The first-order valence-electron chi connectivity index (χ1n) is 9.36. The van der Waals surface area contributed by atoms with E-state index in [2.05, 4.69) is 9.88 Å². The largest absolute Gasteiger partial charge is 0.491 e. The summed E-state index contributed by atoms with van der Waals surface area (Å²) in [5.41, 5.74) is 0.719. The topological polar surface area (TPSA) is 70.8 Å². The van der Waals surface area contributed by atoms with E-state index in [0.29, 0.717) is 18.8 Å². The van der Waals surface area contributed by atoms with Gasteiger partial charge >= 0.3 is 5.97 Å². The first-order chi connectivity index (χ1) is 13.0. The van der Waals surface area contributed by atoms with Crippen LogP contribution in [0.2, 0.25) is 0 Å². The number of para-hydroxylation sites is 1. The van der Waals surface area contributed by atoms with Gasteiger partial charge in [0.1, 0.15) is 17.6 Å². The highest BCUT2D eigenvalue weighted by molar-refractivity contribution is 5.76. The molecule has 2 heterocycles. The van der Waals surface area contributed by atoms with Crippen LogP contribution < -0.4 is 4.74 Å². The Morgan fingerprint density at radius 3 is 2.52 bits per heavy atom. The van der Waals surface area contributed by atoms with Crippen LogP contribution in [-0.4, -0.2) is 62.7 Å². The van der Waals surface area contributed by atoms with Crippen molar-refractivity contribution in [3.8, 4) is 5.75 Å². The molecule has 3 rings (SSSR count). The predicted molar refractivity (Wildman–Crippen MR) is 103 cm³/mol. The summed E-state index contributed by atoms with van der Waals surface area (Å²) in [5.74, 6) is 0.830. The normalized spacial score (nSPS) is 17.2. The number of aryl methyl sites for hydroxylation is 1. The molecular formula is C20H28N4O3. The second kappa shape index (κ2) is 8.54. The lowest BCUT2D eigenvalue weighted by molar-refractivity contribution is -0.144. The standard InChI is InChI=1S/C20H28N4O3/c1-15(2)27-17-7-5-4-6-16(17)19(20(25)26)24-12-10-23(11-13-24)14-18-21-8-9-22(18)3/h4-9,15,19H,10-14H2,1-3H3,(H,25,26). The third-order valence-corrected chi connectivity index (χ3v) is 4.87.